The van der Waals surface area contributed by atoms with Crippen LogP contribution >= 0.6 is 11.6 Å². The number of hydrogen-bond acceptors (Lipinski definition) is 1. The molecule has 2 rings (SSSR count). The van der Waals surface area contributed by atoms with Crippen LogP contribution < -0.4 is 0 Å². The van der Waals surface area contributed by atoms with Crippen LogP contribution in [-0.2, 0) is 10.2 Å². The van der Waals surface area contributed by atoms with E-state index in [0.29, 0.717) is 0 Å². The number of carbonyl (C=O) groups excluding carboxylic acids is 1. The lowest BCUT2D eigenvalue weighted by Gasteiger charge is -2.09. The molecule has 0 aliphatic heterocycles. The van der Waals surface area contributed by atoms with E-state index in [1.165, 1.54) is 5.56 Å². The van der Waals surface area contributed by atoms with E-state index in [0.717, 1.165) is 17.7 Å². The van der Waals surface area contributed by atoms with E-state index in [1.807, 2.05) is 24.3 Å². The summed E-state index contributed by atoms with van der Waals surface area (Å²) >= 11 is 5.78. The molecule has 1 nitrogen and oxygen atoms in total. The molecular weight excluding hydrogens is 184 g/mol. The predicted molar refractivity (Wildman–Crippen MR) is 53.0 cm³/mol. The quantitative estimate of drug-likeness (QED) is 0.662. The highest BCUT2D eigenvalue weighted by molar-refractivity contribution is 6.30. The minimum Gasteiger partial charge on any atom is -0.303 e. The van der Waals surface area contributed by atoms with E-state index < -0.39 is 0 Å². The number of aldehydes is 1. The second-order valence-corrected chi connectivity index (χ2v) is 4.31. The number of halogens is 1. The molecule has 1 aromatic rings. The average molecular weight is 195 g/mol. The van der Waals surface area contributed by atoms with Gasteiger partial charge in [0.05, 0.1) is 0 Å². The van der Waals surface area contributed by atoms with Crippen molar-refractivity contribution in [2.24, 2.45) is 5.92 Å². The first-order valence-electron chi connectivity index (χ1n) is 4.38. The third kappa shape index (κ3) is 1.37. The molecule has 0 aromatic heterocycles. The SMILES string of the molecule is C[C@@]1(c2ccc(Cl)cc2)CC1C=O. The van der Waals surface area contributed by atoms with Crippen LogP contribution in [0.15, 0.2) is 24.3 Å². The van der Waals surface area contributed by atoms with E-state index in [4.69, 9.17) is 11.6 Å². The minimum atomic E-state index is 0.0757. The van der Waals surface area contributed by atoms with Crippen molar-refractivity contribution in [3.8, 4) is 0 Å². The highest BCUT2D eigenvalue weighted by Gasteiger charge is 2.50. The molecule has 1 unspecified atom stereocenters. The van der Waals surface area contributed by atoms with Crippen molar-refractivity contribution in [3.63, 3.8) is 0 Å². The first-order valence-corrected chi connectivity index (χ1v) is 4.76. The van der Waals surface area contributed by atoms with Gasteiger partial charge < -0.3 is 4.79 Å². The van der Waals surface area contributed by atoms with Crippen molar-refractivity contribution in [2.75, 3.05) is 0 Å². The van der Waals surface area contributed by atoms with Crippen molar-refractivity contribution in [3.05, 3.63) is 34.9 Å². The van der Waals surface area contributed by atoms with Crippen LogP contribution in [-0.4, -0.2) is 6.29 Å². The molecule has 0 saturated heterocycles. The molecule has 2 atom stereocenters. The summed E-state index contributed by atoms with van der Waals surface area (Å²) in [5.74, 6) is 0.202. The Morgan fingerprint density at radius 3 is 2.54 bits per heavy atom. The fourth-order valence-corrected chi connectivity index (χ4v) is 1.88. The number of rotatable bonds is 2. The van der Waals surface area contributed by atoms with Gasteiger partial charge in [0.15, 0.2) is 0 Å². The fraction of sp³-hybridized carbons (Fsp3) is 0.364. The van der Waals surface area contributed by atoms with Gasteiger partial charge in [-0.2, -0.15) is 0 Å². The summed E-state index contributed by atoms with van der Waals surface area (Å²) in [5.41, 5.74) is 1.29. The van der Waals surface area contributed by atoms with Crippen LogP contribution in [0.2, 0.25) is 5.02 Å². The zero-order valence-electron chi connectivity index (χ0n) is 7.46. The van der Waals surface area contributed by atoms with Gasteiger partial charge in [-0.1, -0.05) is 30.7 Å². The van der Waals surface area contributed by atoms with Gasteiger partial charge in [0, 0.05) is 16.4 Å². The topological polar surface area (TPSA) is 17.1 Å². The van der Waals surface area contributed by atoms with Crippen molar-refractivity contribution >= 4 is 17.9 Å². The molecule has 0 amide bonds. The maximum Gasteiger partial charge on any atom is 0.123 e. The van der Waals surface area contributed by atoms with E-state index in [2.05, 4.69) is 6.92 Å². The number of hydrogen-bond donors (Lipinski definition) is 0. The third-order valence-electron chi connectivity index (χ3n) is 2.97. The van der Waals surface area contributed by atoms with Crippen molar-refractivity contribution in [1.82, 2.24) is 0 Å². The standard InChI is InChI=1S/C11H11ClO/c1-11(6-9(11)7-13)8-2-4-10(12)5-3-8/h2-5,7,9H,6H2,1H3/t9?,11-/m0/s1. The summed E-state index contributed by atoms with van der Waals surface area (Å²) in [4.78, 5) is 10.6. The lowest BCUT2D eigenvalue weighted by Crippen LogP contribution is -2.04. The van der Waals surface area contributed by atoms with Crippen LogP contribution in [0.4, 0.5) is 0 Å². The predicted octanol–water partition coefficient (Wildman–Crippen LogP) is 2.82. The molecule has 1 aliphatic carbocycles. The lowest BCUT2D eigenvalue weighted by atomic mass is 9.96. The Bertz CT molecular complexity index is 330. The maximum absolute atomic E-state index is 10.6. The zero-order valence-corrected chi connectivity index (χ0v) is 8.21. The van der Waals surface area contributed by atoms with Crippen LogP contribution in [0.5, 0.6) is 0 Å². The van der Waals surface area contributed by atoms with E-state index in [-0.39, 0.29) is 11.3 Å². The van der Waals surface area contributed by atoms with Gasteiger partial charge in [0.1, 0.15) is 6.29 Å². The molecule has 2 heteroatoms. The maximum atomic E-state index is 10.6. The molecule has 68 valence electrons. The summed E-state index contributed by atoms with van der Waals surface area (Å²) in [6.45, 7) is 2.12. The molecule has 0 spiro atoms. The zero-order chi connectivity index (χ0) is 9.47. The summed E-state index contributed by atoms with van der Waals surface area (Å²) in [6.07, 6.45) is 2.02. The highest BCUT2D eigenvalue weighted by Crippen LogP contribution is 2.52. The molecule has 1 saturated carbocycles. The van der Waals surface area contributed by atoms with Crippen molar-refractivity contribution in [2.45, 2.75) is 18.8 Å². The monoisotopic (exact) mass is 194 g/mol. The highest BCUT2D eigenvalue weighted by atomic mass is 35.5. The molecule has 0 bridgehead atoms. The second-order valence-electron chi connectivity index (χ2n) is 3.87. The Labute approximate surface area is 82.7 Å². The Morgan fingerprint density at radius 1 is 1.46 bits per heavy atom. The van der Waals surface area contributed by atoms with Gasteiger partial charge in [-0.05, 0) is 24.1 Å². The van der Waals surface area contributed by atoms with Crippen molar-refractivity contribution < 1.29 is 4.79 Å². The lowest BCUT2D eigenvalue weighted by molar-refractivity contribution is -0.109. The molecule has 13 heavy (non-hydrogen) atoms. The summed E-state index contributed by atoms with van der Waals surface area (Å²) in [7, 11) is 0. The Morgan fingerprint density at radius 2 is 2.08 bits per heavy atom. The third-order valence-corrected chi connectivity index (χ3v) is 3.22. The summed E-state index contributed by atoms with van der Waals surface area (Å²) in [6, 6.07) is 7.77. The van der Waals surface area contributed by atoms with Crippen molar-refractivity contribution in [1.29, 1.82) is 0 Å². The van der Waals surface area contributed by atoms with Crippen LogP contribution in [0, 0.1) is 5.92 Å². The molecule has 1 aromatic carbocycles. The summed E-state index contributed by atoms with van der Waals surface area (Å²) in [5, 5.41) is 0.746. The molecule has 0 N–H and O–H groups in total. The van der Waals surface area contributed by atoms with E-state index >= 15 is 0 Å². The van der Waals surface area contributed by atoms with E-state index in [9.17, 15) is 4.79 Å². The molecule has 1 aliphatic rings. The molecule has 0 radical (unpaired) electrons. The minimum absolute atomic E-state index is 0.0757. The van der Waals surface area contributed by atoms with Gasteiger partial charge in [-0.25, -0.2) is 0 Å². The fourth-order valence-electron chi connectivity index (χ4n) is 1.76. The van der Waals surface area contributed by atoms with Gasteiger partial charge >= 0.3 is 0 Å². The number of carbonyl (C=O) groups is 1. The Kier molecular flexibility index (Phi) is 1.92. The molecular formula is C11H11ClO. The number of benzene rings is 1. The second kappa shape index (κ2) is 2.85. The van der Waals surface area contributed by atoms with Gasteiger partial charge in [-0.15, -0.1) is 0 Å². The average Bonchev–Trinajstić information content (AvgIpc) is 2.80. The van der Waals surface area contributed by atoms with Gasteiger partial charge in [-0.3, -0.25) is 0 Å². The van der Waals surface area contributed by atoms with Gasteiger partial charge in [0.25, 0.3) is 0 Å². The van der Waals surface area contributed by atoms with Crippen LogP contribution in [0.25, 0.3) is 0 Å². The van der Waals surface area contributed by atoms with Gasteiger partial charge in [0.2, 0.25) is 0 Å². The molecule has 1 fully saturated rings. The first kappa shape index (κ1) is 8.76. The van der Waals surface area contributed by atoms with Crippen LogP contribution in [0.3, 0.4) is 0 Å². The largest absolute Gasteiger partial charge is 0.303 e. The summed E-state index contributed by atoms with van der Waals surface area (Å²) < 4.78 is 0. The van der Waals surface area contributed by atoms with E-state index in [1.54, 1.807) is 0 Å². The normalized spacial score (nSPS) is 31.4. The smallest absolute Gasteiger partial charge is 0.123 e. The van der Waals surface area contributed by atoms with Crippen LogP contribution in [0.1, 0.15) is 18.9 Å². The Balaban J connectivity index is 2.27. The molecule has 0 heterocycles. The first-order chi connectivity index (χ1) is 6.16. The Hall–Kier alpha value is -0.820.